The molecular weight excluding hydrogens is 284 g/mol. The second-order valence-electron chi connectivity index (χ2n) is 4.31. The molecule has 2 rings (SSSR count). The molecule has 4 nitrogen and oxygen atoms in total. The highest BCUT2D eigenvalue weighted by atomic mass is 79.9. The van der Waals surface area contributed by atoms with Crippen LogP contribution in [0.2, 0.25) is 0 Å². The van der Waals surface area contributed by atoms with E-state index in [1.807, 2.05) is 0 Å². The van der Waals surface area contributed by atoms with Gasteiger partial charge < -0.3 is 9.88 Å². The maximum Gasteiger partial charge on any atom is 0.259 e. The molecular formula is C12H15BrN2O2. The topological polar surface area (TPSA) is 53.2 Å². The molecule has 1 aromatic rings. The number of nitrogens with one attached hydrogen (secondary N) is 1. The summed E-state index contributed by atoms with van der Waals surface area (Å²) >= 11 is 3.41. The maximum absolute atomic E-state index is 12.1. The van der Waals surface area contributed by atoms with Crippen LogP contribution >= 0.6 is 15.9 Å². The number of aromatic nitrogens is 1. The van der Waals surface area contributed by atoms with E-state index in [4.69, 9.17) is 0 Å². The van der Waals surface area contributed by atoms with Crippen LogP contribution in [0.4, 0.5) is 0 Å². The summed E-state index contributed by atoms with van der Waals surface area (Å²) in [5.41, 5.74) is 0.0321. The number of pyridine rings is 1. The van der Waals surface area contributed by atoms with Gasteiger partial charge in [-0.15, -0.1) is 0 Å². The molecule has 1 unspecified atom stereocenters. The summed E-state index contributed by atoms with van der Waals surface area (Å²) < 4.78 is 0. The Labute approximate surface area is 108 Å². The molecule has 1 aromatic heterocycles. The van der Waals surface area contributed by atoms with Crippen molar-refractivity contribution in [2.75, 3.05) is 18.4 Å². The zero-order valence-corrected chi connectivity index (χ0v) is 11.1. The first-order valence-electron chi connectivity index (χ1n) is 5.74. The Morgan fingerprint density at radius 2 is 2.41 bits per heavy atom. The lowest BCUT2D eigenvalue weighted by Gasteiger charge is -2.15. The van der Waals surface area contributed by atoms with Crippen LogP contribution in [-0.2, 0) is 0 Å². The van der Waals surface area contributed by atoms with E-state index in [9.17, 15) is 9.59 Å². The summed E-state index contributed by atoms with van der Waals surface area (Å²) in [4.78, 5) is 28.2. The highest BCUT2D eigenvalue weighted by Gasteiger charge is 2.27. The smallest absolute Gasteiger partial charge is 0.259 e. The molecule has 1 amide bonds. The fourth-order valence-electron chi connectivity index (χ4n) is 2.16. The van der Waals surface area contributed by atoms with Gasteiger partial charge in [0.2, 0.25) is 0 Å². The monoisotopic (exact) mass is 298 g/mol. The van der Waals surface area contributed by atoms with Crippen LogP contribution in [0, 0.1) is 5.92 Å². The average molecular weight is 299 g/mol. The molecule has 1 fully saturated rings. The van der Waals surface area contributed by atoms with Gasteiger partial charge in [-0.25, -0.2) is 0 Å². The number of rotatable bonds is 3. The number of halogens is 1. The van der Waals surface area contributed by atoms with Crippen molar-refractivity contribution in [3.8, 4) is 0 Å². The molecule has 0 spiro atoms. The number of carbonyl (C=O) groups is 1. The Morgan fingerprint density at radius 1 is 1.59 bits per heavy atom. The standard InChI is InChI=1S/C12H15BrN2O2/c13-4-1-9-3-6-15(8-9)12(17)10-7-14-5-2-11(10)16/h2,5,7,9H,1,3-4,6,8H2,(H,14,16). The van der Waals surface area contributed by atoms with Crippen LogP contribution < -0.4 is 5.43 Å². The zero-order valence-electron chi connectivity index (χ0n) is 9.49. The van der Waals surface area contributed by atoms with Gasteiger partial charge in [0.1, 0.15) is 5.56 Å². The summed E-state index contributed by atoms with van der Waals surface area (Å²) in [6.45, 7) is 1.52. The molecule has 92 valence electrons. The number of hydrogen-bond donors (Lipinski definition) is 1. The maximum atomic E-state index is 12.1. The molecule has 1 N–H and O–H groups in total. The van der Waals surface area contributed by atoms with Crippen molar-refractivity contribution in [2.24, 2.45) is 5.92 Å². The molecule has 0 aliphatic carbocycles. The fourth-order valence-corrected chi connectivity index (χ4v) is 2.81. The average Bonchev–Trinajstić information content (AvgIpc) is 2.78. The van der Waals surface area contributed by atoms with Crippen molar-refractivity contribution in [3.05, 3.63) is 34.2 Å². The van der Waals surface area contributed by atoms with E-state index in [-0.39, 0.29) is 16.9 Å². The third kappa shape index (κ3) is 2.77. The summed E-state index contributed by atoms with van der Waals surface area (Å²) in [5.74, 6) is 0.407. The quantitative estimate of drug-likeness (QED) is 0.862. The van der Waals surface area contributed by atoms with Crippen LogP contribution in [-0.4, -0.2) is 34.2 Å². The molecule has 0 aromatic carbocycles. The van der Waals surface area contributed by atoms with Crippen LogP contribution in [0.1, 0.15) is 23.2 Å². The minimum atomic E-state index is -0.210. The second kappa shape index (κ2) is 5.49. The van der Waals surface area contributed by atoms with Crippen LogP contribution in [0.3, 0.4) is 0 Å². The number of alkyl halides is 1. The summed E-state index contributed by atoms with van der Waals surface area (Å²) in [7, 11) is 0. The molecule has 0 radical (unpaired) electrons. The van der Waals surface area contributed by atoms with Gasteiger partial charge in [-0.2, -0.15) is 0 Å². The SMILES string of the molecule is O=C(c1c[nH]ccc1=O)N1CCC(CCBr)C1. The lowest BCUT2D eigenvalue weighted by atomic mass is 10.1. The third-order valence-electron chi connectivity index (χ3n) is 3.14. The minimum Gasteiger partial charge on any atom is -0.367 e. The van der Waals surface area contributed by atoms with Crippen LogP contribution in [0.25, 0.3) is 0 Å². The highest BCUT2D eigenvalue weighted by molar-refractivity contribution is 9.09. The number of carbonyl (C=O) groups excluding carboxylic acids is 1. The predicted molar refractivity (Wildman–Crippen MR) is 69.5 cm³/mol. The summed E-state index contributed by atoms with van der Waals surface area (Å²) in [6.07, 6.45) is 5.14. The van der Waals surface area contributed by atoms with E-state index >= 15 is 0 Å². The Balaban J connectivity index is 2.07. The van der Waals surface area contributed by atoms with Gasteiger partial charge in [0.15, 0.2) is 5.43 Å². The molecule has 2 heterocycles. The van der Waals surface area contributed by atoms with Crippen molar-refractivity contribution >= 4 is 21.8 Å². The normalized spacial score (nSPS) is 19.6. The lowest BCUT2D eigenvalue weighted by molar-refractivity contribution is 0.0785. The molecule has 0 saturated carbocycles. The van der Waals surface area contributed by atoms with Gasteiger partial charge in [-0.1, -0.05) is 15.9 Å². The predicted octanol–water partition coefficient (Wildman–Crippen LogP) is 1.62. The van der Waals surface area contributed by atoms with E-state index < -0.39 is 0 Å². The fraction of sp³-hybridized carbons (Fsp3) is 0.500. The van der Waals surface area contributed by atoms with Gasteiger partial charge in [-0.05, 0) is 18.8 Å². The molecule has 1 aliphatic heterocycles. The number of hydrogen-bond acceptors (Lipinski definition) is 2. The molecule has 17 heavy (non-hydrogen) atoms. The number of amides is 1. The summed E-state index contributed by atoms with van der Waals surface area (Å²) in [5, 5.41) is 0.964. The van der Waals surface area contributed by atoms with Crippen LogP contribution in [0.15, 0.2) is 23.3 Å². The summed E-state index contributed by atoms with van der Waals surface area (Å²) in [6, 6.07) is 1.39. The molecule has 0 bridgehead atoms. The largest absolute Gasteiger partial charge is 0.367 e. The van der Waals surface area contributed by atoms with Crippen molar-refractivity contribution in [3.63, 3.8) is 0 Å². The first kappa shape index (κ1) is 12.4. The van der Waals surface area contributed by atoms with Gasteiger partial charge in [0.25, 0.3) is 5.91 Å². The third-order valence-corrected chi connectivity index (χ3v) is 3.60. The van der Waals surface area contributed by atoms with Crippen molar-refractivity contribution in [1.29, 1.82) is 0 Å². The number of aromatic amines is 1. The Bertz CT molecular complexity index is 458. The van der Waals surface area contributed by atoms with E-state index in [0.29, 0.717) is 5.92 Å². The lowest BCUT2D eigenvalue weighted by Crippen LogP contribution is -2.32. The highest BCUT2D eigenvalue weighted by Crippen LogP contribution is 2.21. The van der Waals surface area contributed by atoms with Gasteiger partial charge in [-0.3, -0.25) is 9.59 Å². The zero-order chi connectivity index (χ0) is 12.3. The molecule has 1 atom stereocenters. The molecule has 1 saturated heterocycles. The minimum absolute atomic E-state index is 0.149. The van der Waals surface area contributed by atoms with Crippen molar-refractivity contribution in [2.45, 2.75) is 12.8 Å². The van der Waals surface area contributed by atoms with Crippen LogP contribution in [0.5, 0.6) is 0 Å². The van der Waals surface area contributed by atoms with E-state index in [1.165, 1.54) is 18.5 Å². The van der Waals surface area contributed by atoms with Gasteiger partial charge >= 0.3 is 0 Å². The number of H-pyrrole nitrogens is 1. The van der Waals surface area contributed by atoms with Crippen molar-refractivity contribution < 1.29 is 4.79 Å². The van der Waals surface area contributed by atoms with Crippen molar-refractivity contribution in [1.82, 2.24) is 9.88 Å². The Kier molecular flexibility index (Phi) is 3.99. The van der Waals surface area contributed by atoms with E-state index in [2.05, 4.69) is 20.9 Å². The second-order valence-corrected chi connectivity index (χ2v) is 5.10. The number of likely N-dealkylation sites (tertiary alicyclic amines) is 1. The Morgan fingerprint density at radius 3 is 3.12 bits per heavy atom. The van der Waals surface area contributed by atoms with E-state index in [0.717, 1.165) is 31.3 Å². The molecule has 5 heteroatoms. The van der Waals surface area contributed by atoms with Gasteiger partial charge in [0, 0.05) is 36.9 Å². The molecule has 1 aliphatic rings. The first-order chi connectivity index (χ1) is 8.22. The Hall–Kier alpha value is -1.10. The number of nitrogens with zero attached hydrogens (tertiary/aromatic N) is 1. The van der Waals surface area contributed by atoms with E-state index in [1.54, 1.807) is 4.90 Å². The van der Waals surface area contributed by atoms with Gasteiger partial charge in [0.05, 0.1) is 0 Å². The first-order valence-corrected chi connectivity index (χ1v) is 6.87.